The molecule has 8 heteroatoms. The number of nitrogens with zero attached hydrogens (tertiary/aromatic N) is 6. The largest absolute Gasteiger partial charge is 0.374 e. The predicted molar refractivity (Wildman–Crippen MR) is 109 cm³/mol. The lowest BCUT2D eigenvalue weighted by molar-refractivity contribution is 0.0697. The highest BCUT2D eigenvalue weighted by atomic mass is 35.5. The number of morpholine rings is 1. The smallest absolute Gasteiger partial charge is 0.184 e. The quantitative estimate of drug-likeness (QED) is 0.675. The number of aromatic nitrogens is 5. The highest BCUT2D eigenvalue weighted by Crippen LogP contribution is 2.29. The molecule has 1 fully saturated rings. The Kier molecular flexibility index (Phi) is 4.97. The summed E-state index contributed by atoms with van der Waals surface area (Å²) < 4.78 is 7.25. The molecular weight excluding hydrogens is 376 g/mol. The number of rotatable bonds is 3. The van der Waals surface area contributed by atoms with Crippen molar-refractivity contribution < 1.29 is 4.74 Å². The molecule has 0 N–H and O–H groups in total. The second-order valence-corrected chi connectivity index (χ2v) is 8.39. The van der Waals surface area contributed by atoms with E-state index in [0.717, 1.165) is 17.2 Å². The van der Waals surface area contributed by atoms with Crippen molar-refractivity contribution in [1.82, 2.24) is 25.0 Å². The molecule has 0 aliphatic carbocycles. The minimum atomic E-state index is -0.352. The van der Waals surface area contributed by atoms with E-state index in [4.69, 9.17) is 33.2 Å². The minimum Gasteiger partial charge on any atom is -0.374 e. The first-order valence-electron chi connectivity index (χ1n) is 9.30. The third kappa shape index (κ3) is 3.69. The van der Waals surface area contributed by atoms with Crippen molar-refractivity contribution >= 4 is 28.6 Å². The van der Waals surface area contributed by atoms with E-state index in [1.807, 2.05) is 24.3 Å². The number of benzene rings is 1. The van der Waals surface area contributed by atoms with Crippen LogP contribution in [0.25, 0.3) is 11.2 Å². The molecule has 0 bridgehead atoms. The lowest BCUT2D eigenvalue weighted by Gasteiger charge is -2.32. The van der Waals surface area contributed by atoms with Crippen molar-refractivity contribution in [2.24, 2.45) is 0 Å². The normalized spacial score (nSPS) is 18.0. The van der Waals surface area contributed by atoms with Gasteiger partial charge in [-0.05, 0) is 18.6 Å². The van der Waals surface area contributed by atoms with Gasteiger partial charge in [-0.25, -0.2) is 14.6 Å². The molecule has 0 saturated carbocycles. The molecule has 1 unspecified atom stereocenters. The molecule has 1 aliphatic rings. The van der Waals surface area contributed by atoms with Crippen molar-refractivity contribution in [3.05, 3.63) is 47.6 Å². The van der Waals surface area contributed by atoms with Gasteiger partial charge in [-0.1, -0.05) is 55.8 Å². The van der Waals surface area contributed by atoms with Crippen LogP contribution in [0.15, 0.2) is 24.3 Å². The molecule has 4 rings (SSSR count). The number of hydrogen-bond donors (Lipinski definition) is 0. The van der Waals surface area contributed by atoms with E-state index in [1.54, 1.807) is 4.68 Å². The van der Waals surface area contributed by atoms with Gasteiger partial charge in [-0.2, -0.15) is 0 Å². The molecule has 1 atom stereocenters. The SMILES string of the molecule is [CH]C1CN(c2nc(C(C)(C)C)nc3c2nnn3Cc2ccccc2Cl)CCO1. The maximum atomic E-state index is 6.33. The first kappa shape index (κ1) is 19.1. The topological polar surface area (TPSA) is 69.0 Å². The highest BCUT2D eigenvalue weighted by Gasteiger charge is 2.27. The van der Waals surface area contributed by atoms with Gasteiger partial charge < -0.3 is 9.64 Å². The molecule has 2 aromatic heterocycles. The molecule has 2 radical (unpaired) electrons. The zero-order valence-electron chi connectivity index (χ0n) is 16.3. The fourth-order valence-electron chi connectivity index (χ4n) is 3.16. The van der Waals surface area contributed by atoms with Crippen LogP contribution in [0.4, 0.5) is 5.82 Å². The van der Waals surface area contributed by atoms with Crippen LogP contribution in [0, 0.1) is 6.92 Å². The van der Waals surface area contributed by atoms with Crippen LogP contribution in [-0.2, 0) is 16.7 Å². The Balaban J connectivity index is 1.83. The summed E-state index contributed by atoms with van der Waals surface area (Å²) in [6.45, 7) is 14.5. The van der Waals surface area contributed by atoms with E-state index < -0.39 is 0 Å². The molecular formula is C20H23ClN6O. The van der Waals surface area contributed by atoms with E-state index in [-0.39, 0.29) is 11.5 Å². The second kappa shape index (κ2) is 7.29. The maximum Gasteiger partial charge on any atom is 0.184 e. The number of halogens is 1. The summed E-state index contributed by atoms with van der Waals surface area (Å²) in [5.41, 5.74) is 2.09. The summed E-state index contributed by atoms with van der Waals surface area (Å²) in [5, 5.41) is 9.43. The van der Waals surface area contributed by atoms with Gasteiger partial charge >= 0.3 is 0 Å². The first-order chi connectivity index (χ1) is 13.3. The van der Waals surface area contributed by atoms with E-state index in [1.165, 1.54) is 0 Å². The molecule has 3 heterocycles. The van der Waals surface area contributed by atoms with Gasteiger partial charge in [0.25, 0.3) is 0 Å². The van der Waals surface area contributed by atoms with Gasteiger partial charge in [0.2, 0.25) is 0 Å². The maximum absolute atomic E-state index is 6.33. The van der Waals surface area contributed by atoms with Gasteiger partial charge in [-0.15, -0.1) is 5.10 Å². The zero-order chi connectivity index (χ0) is 19.9. The average Bonchev–Trinajstić information content (AvgIpc) is 3.05. The van der Waals surface area contributed by atoms with Crippen molar-refractivity contribution in [1.29, 1.82) is 0 Å². The third-order valence-corrected chi connectivity index (χ3v) is 5.05. The van der Waals surface area contributed by atoms with Gasteiger partial charge in [-0.3, -0.25) is 0 Å². The molecule has 28 heavy (non-hydrogen) atoms. The Bertz CT molecular complexity index is 996. The average molecular weight is 399 g/mol. The van der Waals surface area contributed by atoms with Crippen molar-refractivity contribution in [3.63, 3.8) is 0 Å². The van der Waals surface area contributed by atoms with E-state index in [2.05, 4.69) is 36.0 Å². The highest BCUT2D eigenvalue weighted by molar-refractivity contribution is 6.31. The Morgan fingerprint density at radius 3 is 2.75 bits per heavy atom. The van der Waals surface area contributed by atoms with Crippen LogP contribution in [0.1, 0.15) is 32.2 Å². The fourth-order valence-corrected chi connectivity index (χ4v) is 3.36. The van der Waals surface area contributed by atoms with E-state index in [0.29, 0.717) is 42.4 Å². The Hall–Kier alpha value is -2.25. The van der Waals surface area contributed by atoms with Gasteiger partial charge in [0.15, 0.2) is 17.0 Å². The summed E-state index contributed by atoms with van der Waals surface area (Å²) in [5.74, 6) is 1.48. The predicted octanol–water partition coefficient (Wildman–Crippen LogP) is 3.14. The van der Waals surface area contributed by atoms with Gasteiger partial charge in [0.05, 0.1) is 19.3 Å². The molecule has 3 aromatic rings. The number of anilines is 1. The minimum absolute atomic E-state index is 0.225. The molecule has 1 saturated heterocycles. The van der Waals surface area contributed by atoms with E-state index in [9.17, 15) is 0 Å². The summed E-state index contributed by atoms with van der Waals surface area (Å²) >= 11 is 6.33. The van der Waals surface area contributed by atoms with Crippen LogP contribution in [-0.4, -0.2) is 50.8 Å². The fraction of sp³-hybridized carbons (Fsp3) is 0.450. The van der Waals surface area contributed by atoms with Crippen molar-refractivity contribution in [2.45, 2.75) is 38.8 Å². The summed E-state index contributed by atoms with van der Waals surface area (Å²) in [6, 6.07) is 7.71. The third-order valence-electron chi connectivity index (χ3n) is 4.69. The standard InChI is InChI=1S/C20H23ClN6O/c1-13-11-26(9-10-28-13)17-16-18(23-19(22-17)20(2,3)4)27(25-24-16)12-14-7-5-6-8-15(14)21/h1,5-8,13H,9-12H2,2-4H3. The molecule has 0 spiro atoms. The Morgan fingerprint density at radius 2 is 2.04 bits per heavy atom. The summed E-state index contributed by atoms with van der Waals surface area (Å²) in [4.78, 5) is 11.7. The van der Waals surface area contributed by atoms with Crippen LogP contribution >= 0.6 is 11.6 Å². The lowest BCUT2D eigenvalue weighted by Crippen LogP contribution is -2.42. The van der Waals surface area contributed by atoms with Gasteiger partial charge in [0.1, 0.15) is 5.82 Å². The summed E-state index contributed by atoms with van der Waals surface area (Å²) in [6.07, 6.45) is -0.352. The van der Waals surface area contributed by atoms with Crippen LogP contribution in [0.5, 0.6) is 0 Å². The molecule has 0 amide bonds. The number of hydrogen-bond acceptors (Lipinski definition) is 6. The van der Waals surface area contributed by atoms with Crippen molar-refractivity contribution in [2.75, 3.05) is 24.6 Å². The van der Waals surface area contributed by atoms with Crippen LogP contribution in [0.3, 0.4) is 0 Å². The Labute approximate surface area is 169 Å². The number of fused-ring (bicyclic) bond motifs is 1. The lowest BCUT2D eigenvalue weighted by atomic mass is 9.95. The van der Waals surface area contributed by atoms with Gasteiger partial charge in [0, 0.05) is 23.5 Å². The zero-order valence-corrected chi connectivity index (χ0v) is 17.0. The van der Waals surface area contributed by atoms with Crippen LogP contribution < -0.4 is 4.90 Å². The molecule has 1 aromatic carbocycles. The second-order valence-electron chi connectivity index (χ2n) is 7.99. The Morgan fingerprint density at radius 1 is 1.25 bits per heavy atom. The monoisotopic (exact) mass is 398 g/mol. The van der Waals surface area contributed by atoms with E-state index >= 15 is 0 Å². The molecule has 1 aliphatic heterocycles. The van der Waals surface area contributed by atoms with Crippen LogP contribution in [0.2, 0.25) is 5.02 Å². The summed E-state index contributed by atoms with van der Waals surface area (Å²) in [7, 11) is 0. The first-order valence-corrected chi connectivity index (χ1v) is 9.68. The van der Waals surface area contributed by atoms with Crippen molar-refractivity contribution in [3.8, 4) is 0 Å². The molecule has 146 valence electrons. The molecule has 7 nitrogen and oxygen atoms in total. The number of ether oxygens (including phenoxy) is 1.